The number of nitrogens with one attached hydrogen (secondary N) is 2. The summed E-state index contributed by atoms with van der Waals surface area (Å²) in [5, 5.41) is 2.92. The summed E-state index contributed by atoms with van der Waals surface area (Å²) < 4.78 is 33.1. The number of sulfonamides is 1. The summed E-state index contributed by atoms with van der Waals surface area (Å²) in [6, 6.07) is 23.6. The van der Waals surface area contributed by atoms with Gasteiger partial charge in [-0.2, -0.15) is 0 Å². The van der Waals surface area contributed by atoms with Crippen molar-refractivity contribution in [1.82, 2.24) is 10.0 Å². The van der Waals surface area contributed by atoms with Crippen LogP contribution >= 0.6 is 0 Å². The van der Waals surface area contributed by atoms with E-state index >= 15 is 0 Å². The molecule has 38 heavy (non-hydrogen) atoms. The van der Waals surface area contributed by atoms with Gasteiger partial charge in [-0.05, 0) is 54.7 Å². The smallest absolute Gasteiger partial charge is 0.262 e. The molecule has 8 nitrogen and oxygen atoms in total. The van der Waals surface area contributed by atoms with Gasteiger partial charge in [0.05, 0.1) is 17.1 Å². The molecule has 0 saturated carbocycles. The van der Waals surface area contributed by atoms with Crippen LogP contribution in [0.1, 0.15) is 30.9 Å². The summed E-state index contributed by atoms with van der Waals surface area (Å²) in [5.74, 6) is 0.0929. The lowest BCUT2D eigenvalue weighted by Gasteiger charge is -2.34. The van der Waals surface area contributed by atoms with E-state index < -0.39 is 16.1 Å². The lowest BCUT2D eigenvalue weighted by Crippen LogP contribution is -2.51. The second kappa shape index (κ2) is 12.7. The number of benzene rings is 3. The number of amides is 2. The van der Waals surface area contributed by atoms with Gasteiger partial charge in [-0.1, -0.05) is 61.5 Å². The fourth-order valence-electron chi connectivity index (χ4n) is 4.24. The fraction of sp³-hybridized carbons (Fsp3) is 0.310. The van der Waals surface area contributed by atoms with Crippen molar-refractivity contribution in [1.29, 1.82) is 0 Å². The van der Waals surface area contributed by atoms with Crippen LogP contribution in [-0.2, 0) is 32.5 Å². The summed E-state index contributed by atoms with van der Waals surface area (Å²) in [5.41, 5.74) is 2.61. The van der Waals surface area contributed by atoms with Gasteiger partial charge in [0.25, 0.3) is 5.91 Å². The van der Waals surface area contributed by atoms with Crippen molar-refractivity contribution < 1.29 is 22.7 Å². The van der Waals surface area contributed by atoms with Crippen molar-refractivity contribution in [2.75, 3.05) is 24.5 Å². The molecule has 0 fully saturated rings. The number of aryl methyl sites for hydroxylation is 1. The zero-order chi connectivity index (χ0) is 27.0. The van der Waals surface area contributed by atoms with Gasteiger partial charge in [-0.3, -0.25) is 9.59 Å². The molecule has 0 unspecified atom stereocenters. The number of carbonyl (C=O) groups excluding carboxylic acids is 2. The fourth-order valence-corrected chi connectivity index (χ4v) is 5.37. The maximum absolute atomic E-state index is 13.3. The predicted molar refractivity (Wildman–Crippen MR) is 147 cm³/mol. The normalized spacial score (nSPS) is 14.9. The summed E-state index contributed by atoms with van der Waals surface area (Å²) in [7, 11) is -3.53. The Morgan fingerprint density at radius 2 is 1.58 bits per heavy atom. The quantitative estimate of drug-likeness (QED) is 0.391. The predicted octanol–water partition coefficient (Wildman–Crippen LogP) is 3.46. The Morgan fingerprint density at radius 3 is 2.32 bits per heavy atom. The average Bonchev–Trinajstić information content (AvgIpc) is 2.95. The van der Waals surface area contributed by atoms with E-state index in [4.69, 9.17) is 4.74 Å². The van der Waals surface area contributed by atoms with Crippen LogP contribution in [0.4, 0.5) is 5.69 Å². The van der Waals surface area contributed by atoms with Crippen LogP contribution in [0.25, 0.3) is 0 Å². The summed E-state index contributed by atoms with van der Waals surface area (Å²) in [4.78, 5) is 28.0. The van der Waals surface area contributed by atoms with E-state index in [-0.39, 0.29) is 29.7 Å². The molecular weight excluding hydrogens is 502 g/mol. The van der Waals surface area contributed by atoms with Crippen molar-refractivity contribution in [2.24, 2.45) is 0 Å². The first-order chi connectivity index (χ1) is 18.4. The van der Waals surface area contributed by atoms with Gasteiger partial charge in [0, 0.05) is 19.5 Å². The molecule has 1 heterocycles. The minimum absolute atomic E-state index is 0.118. The Labute approximate surface area is 224 Å². The van der Waals surface area contributed by atoms with E-state index in [9.17, 15) is 18.0 Å². The van der Waals surface area contributed by atoms with Gasteiger partial charge >= 0.3 is 0 Å². The molecule has 1 aliphatic heterocycles. The highest BCUT2D eigenvalue weighted by Gasteiger charge is 2.33. The van der Waals surface area contributed by atoms with E-state index in [0.717, 1.165) is 11.1 Å². The molecule has 0 saturated heterocycles. The maximum atomic E-state index is 13.3. The molecule has 0 aromatic heterocycles. The Bertz CT molecular complexity index is 1340. The highest BCUT2D eigenvalue weighted by Crippen LogP contribution is 2.33. The number of anilines is 1. The summed E-state index contributed by atoms with van der Waals surface area (Å²) >= 11 is 0. The Balaban J connectivity index is 1.37. The molecule has 0 spiro atoms. The van der Waals surface area contributed by atoms with Crippen molar-refractivity contribution in [3.05, 3.63) is 90.0 Å². The Hall–Kier alpha value is -3.69. The minimum Gasteiger partial charge on any atom is -0.477 e. The third-order valence-electron chi connectivity index (χ3n) is 6.33. The first-order valence-electron chi connectivity index (χ1n) is 12.8. The standard InChI is InChI=1S/C29H33N3O5S/c1-2-19-31-38(35,36)24-15-12-23(13-16-24)14-17-28(33)32-21-27(37-26-11-7-6-10-25(26)32)29(34)30-20-18-22-8-4-3-5-9-22/h3-13,15-16,27,31H,2,14,17-21H2,1H3,(H,30,34)/t27-/m1/s1. The van der Waals surface area contributed by atoms with E-state index in [1.54, 1.807) is 41.3 Å². The SMILES string of the molecule is CCCNS(=O)(=O)c1ccc(CCC(=O)N2C[C@H](C(=O)NCCc3ccccc3)Oc3ccccc32)cc1. The van der Waals surface area contributed by atoms with Gasteiger partial charge in [-0.15, -0.1) is 0 Å². The zero-order valence-electron chi connectivity index (χ0n) is 21.4. The molecule has 0 aliphatic carbocycles. The first-order valence-corrected chi connectivity index (χ1v) is 14.3. The van der Waals surface area contributed by atoms with Crippen LogP contribution in [0.3, 0.4) is 0 Å². The van der Waals surface area contributed by atoms with Crippen LogP contribution in [0, 0.1) is 0 Å². The molecule has 2 amide bonds. The van der Waals surface area contributed by atoms with E-state index in [1.807, 2.05) is 49.4 Å². The molecule has 0 radical (unpaired) electrons. The van der Waals surface area contributed by atoms with Gasteiger partial charge in [0.2, 0.25) is 15.9 Å². The van der Waals surface area contributed by atoms with Crippen molar-refractivity contribution in [2.45, 2.75) is 43.6 Å². The second-order valence-corrected chi connectivity index (χ2v) is 10.9. The number of carbonyl (C=O) groups is 2. The average molecular weight is 536 g/mol. The number of ether oxygens (including phenoxy) is 1. The van der Waals surface area contributed by atoms with Crippen LogP contribution < -0.4 is 19.7 Å². The Morgan fingerprint density at radius 1 is 0.895 bits per heavy atom. The minimum atomic E-state index is -3.53. The van der Waals surface area contributed by atoms with Crippen molar-refractivity contribution >= 4 is 27.5 Å². The largest absolute Gasteiger partial charge is 0.477 e. The van der Waals surface area contributed by atoms with Crippen LogP contribution in [0.15, 0.2) is 83.8 Å². The van der Waals surface area contributed by atoms with Crippen LogP contribution in [0.2, 0.25) is 0 Å². The molecule has 1 aliphatic rings. The molecule has 1 atom stereocenters. The number of hydrogen-bond acceptors (Lipinski definition) is 5. The molecule has 2 N–H and O–H groups in total. The topological polar surface area (TPSA) is 105 Å². The number of para-hydroxylation sites is 2. The number of rotatable bonds is 11. The summed E-state index contributed by atoms with van der Waals surface area (Å²) in [6.07, 6.45) is 1.24. The third-order valence-corrected chi connectivity index (χ3v) is 7.80. The molecule has 9 heteroatoms. The van der Waals surface area contributed by atoms with Crippen molar-refractivity contribution in [3.8, 4) is 5.75 Å². The number of hydrogen-bond donors (Lipinski definition) is 2. The lowest BCUT2D eigenvalue weighted by atomic mass is 10.1. The highest BCUT2D eigenvalue weighted by atomic mass is 32.2. The maximum Gasteiger partial charge on any atom is 0.262 e. The zero-order valence-corrected chi connectivity index (χ0v) is 22.2. The van der Waals surface area contributed by atoms with Gasteiger partial charge < -0.3 is 15.0 Å². The molecule has 3 aromatic carbocycles. The third kappa shape index (κ3) is 6.99. The highest BCUT2D eigenvalue weighted by molar-refractivity contribution is 7.89. The lowest BCUT2D eigenvalue weighted by molar-refractivity contribution is -0.128. The van der Waals surface area contributed by atoms with Gasteiger partial charge in [-0.25, -0.2) is 13.1 Å². The van der Waals surface area contributed by atoms with Gasteiger partial charge in [0.1, 0.15) is 5.75 Å². The molecule has 0 bridgehead atoms. The van der Waals surface area contributed by atoms with Gasteiger partial charge in [0.15, 0.2) is 6.10 Å². The first kappa shape index (κ1) is 27.3. The molecular formula is C29H33N3O5S. The monoisotopic (exact) mass is 535 g/mol. The molecule has 3 aromatic rings. The molecule has 200 valence electrons. The van der Waals surface area contributed by atoms with Crippen LogP contribution in [0.5, 0.6) is 5.75 Å². The van der Waals surface area contributed by atoms with E-state index in [0.29, 0.717) is 43.8 Å². The number of fused-ring (bicyclic) bond motifs is 1. The number of nitrogens with zero attached hydrogens (tertiary/aromatic N) is 1. The Kier molecular flexibility index (Phi) is 9.15. The second-order valence-electron chi connectivity index (χ2n) is 9.15. The van der Waals surface area contributed by atoms with Crippen molar-refractivity contribution in [3.63, 3.8) is 0 Å². The summed E-state index contributed by atoms with van der Waals surface area (Å²) in [6.45, 7) is 2.87. The van der Waals surface area contributed by atoms with E-state index in [1.165, 1.54) is 0 Å². The molecule has 4 rings (SSSR count). The van der Waals surface area contributed by atoms with Crippen LogP contribution in [-0.4, -0.2) is 46.0 Å². The van der Waals surface area contributed by atoms with E-state index in [2.05, 4.69) is 10.0 Å².